The minimum atomic E-state index is -3.43. The molecule has 0 bridgehead atoms. The lowest BCUT2D eigenvalue weighted by Crippen LogP contribution is -2.36. The Morgan fingerprint density at radius 2 is 1.92 bits per heavy atom. The molecular formula is C6H16N2O3S. The first-order valence-corrected chi connectivity index (χ1v) is 5.11. The highest BCUT2D eigenvalue weighted by Gasteiger charge is 2.12. The van der Waals surface area contributed by atoms with E-state index >= 15 is 0 Å². The fourth-order valence-corrected chi connectivity index (χ4v) is 0.716. The van der Waals surface area contributed by atoms with Gasteiger partial charge < -0.3 is 0 Å². The van der Waals surface area contributed by atoms with Crippen molar-refractivity contribution in [1.29, 1.82) is 0 Å². The molecule has 74 valence electrons. The Labute approximate surface area is 73.8 Å². The van der Waals surface area contributed by atoms with E-state index in [-0.39, 0.29) is 0 Å². The van der Waals surface area contributed by atoms with Gasteiger partial charge in [-0.2, -0.15) is 12.7 Å². The summed E-state index contributed by atoms with van der Waals surface area (Å²) in [5.41, 5.74) is 0. The van der Waals surface area contributed by atoms with Gasteiger partial charge in [0.05, 0.1) is 6.61 Å². The van der Waals surface area contributed by atoms with E-state index in [1.165, 1.54) is 14.1 Å². The predicted molar refractivity (Wildman–Crippen MR) is 46.5 cm³/mol. The molecule has 12 heavy (non-hydrogen) atoms. The summed E-state index contributed by atoms with van der Waals surface area (Å²) in [7, 11) is -0.570. The molecule has 0 aliphatic rings. The van der Waals surface area contributed by atoms with Gasteiger partial charge in [0.15, 0.2) is 0 Å². The lowest BCUT2D eigenvalue weighted by atomic mass is 10.2. The van der Waals surface area contributed by atoms with Crippen LogP contribution in [0.1, 0.15) is 13.8 Å². The maximum atomic E-state index is 11.0. The van der Waals surface area contributed by atoms with Crippen molar-refractivity contribution in [2.24, 2.45) is 5.92 Å². The third kappa shape index (κ3) is 4.66. The van der Waals surface area contributed by atoms with E-state index in [4.69, 9.17) is 4.84 Å². The van der Waals surface area contributed by atoms with Gasteiger partial charge >= 0.3 is 10.2 Å². The van der Waals surface area contributed by atoms with Crippen LogP contribution in [0.15, 0.2) is 0 Å². The third-order valence-electron chi connectivity index (χ3n) is 1.06. The highest BCUT2D eigenvalue weighted by molar-refractivity contribution is 7.86. The second-order valence-electron chi connectivity index (χ2n) is 3.08. The summed E-state index contributed by atoms with van der Waals surface area (Å²) in [4.78, 5) is 6.73. The average Bonchev–Trinajstić information content (AvgIpc) is 1.85. The Morgan fingerprint density at radius 1 is 1.42 bits per heavy atom. The Morgan fingerprint density at radius 3 is 2.25 bits per heavy atom. The predicted octanol–water partition coefficient (Wildman–Crippen LogP) is -0.0300. The van der Waals surface area contributed by atoms with Crippen molar-refractivity contribution in [3.05, 3.63) is 0 Å². The maximum Gasteiger partial charge on any atom is 0.301 e. The first-order chi connectivity index (χ1) is 5.36. The van der Waals surface area contributed by atoms with Gasteiger partial charge in [0.1, 0.15) is 0 Å². The summed E-state index contributed by atoms with van der Waals surface area (Å²) >= 11 is 0. The Bertz CT molecular complexity index is 211. The summed E-state index contributed by atoms with van der Waals surface area (Å²) in [5, 5.41) is 0. The monoisotopic (exact) mass is 196 g/mol. The largest absolute Gasteiger partial charge is 0.301 e. The Hall–Kier alpha value is -0.170. The number of hydrogen-bond donors (Lipinski definition) is 1. The topological polar surface area (TPSA) is 58.6 Å². The molecule has 0 heterocycles. The second-order valence-corrected chi connectivity index (χ2v) is 4.92. The normalized spacial score (nSPS) is 12.8. The summed E-state index contributed by atoms with van der Waals surface area (Å²) in [6, 6.07) is 0. The second kappa shape index (κ2) is 4.76. The molecule has 0 radical (unpaired) electrons. The number of nitrogens with one attached hydrogen (secondary N) is 1. The fraction of sp³-hybridized carbons (Fsp3) is 1.00. The van der Waals surface area contributed by atoms with Crippen LogP contribution < -0.4 is 4.89 Å². The molecule has 0 atom stereocenters. The Kier molecular flexibility index (Phi) is 4.69. The quantitative estimate of drug-likeness (QED) is 0.628. The molecule has 0 rings (SSSR count). The molecule has 0 amide bonds. The number of rotatable bonds is 5. The van der Waals surface area contributed by atoms with Crippen LogP contribution >= 0.6 is 0 Å². The molecule has 0 unspecified atom stereocenters. The average molecular weight is 196 g/mol. The fourth-order valence-electron chi connectivity index (χ4n) is 0.350. The molecule has 0 saturated carbocycles. The molecule has 0 aliphatic heterocycles. The molecule has 5 nitrogen and oxygen atoms in total. The van der Waals surface area contributed by atoms with Crippen molar-refractivity contribution < 1.29 is 13.3 Å². The molecule has 0 spiro atoms. The van der Waals surface area contributed by atoms with Crippen LogP contribution in [0.2, 0.25) is 0 Å². The van der Waals surface area contributed by atoms with Crippen LogP contribution in [-0.4, -0.2) is 33.4 Å². The van der Waals surface area contributed by atoms with Crippen LogP contribution in [0.4, 0.5) is 0 Å². The highest BCUT2D eigenvalue weighted by atomic mass is 32.2. The van der Waals surface area contributed by atoms with Gasteiger partial charge in [-0.1, -0.05) is 18.7 Å². The molecular weight excluding hydrogens is 180 g/mol. The zero-order valence-electron chi connectivity index (χ0n) is 7.86. The first kappa shape index (κ1) is 11.8. The van der Waals surface area contributed by atoms with E-state index in [1.807, 2.05) is 18.7 Å². The van der Waals surface area contributed by atoms with Crippen molar-refractivity contribution >= 4 is 10.2 Å². The molecule has 1 N–H and O–H groups in total. The van der Waals surface area contributed by atoms with Crippen LogP contribution in [0, 0.1) is 5.92 Å². The molecule has 0 fully saturated rings. The maximum absolute atomic E-state index is 11.0. The van der Waals surface area contributed by atoms with Gasteiger partial charge in [0.25, 0.3) is 0 Å². The zero-order chi connectivity index (χ0) is 9.78. The van der Waals surface area contributed by atoms with Gasteiger partial charge in [-0.15, -0.1) is 0 Å². The molecule has 0 aliphatic carbocycles. The van der Waals surface area contributed by atoms with E-state index in [0.717, 1.165) is 4.31 Å². The van der Waals surface area contributed by atoms with Gasteiger partial charge in [0.2, 0.25) is 0 Å². The van der Waals surface area contributed by atoms with Gasteiger partial charge in [-0.25, -0.2) is 0 Å². The van der Waals surface area contributed by atoms with E-state index in [2.05, 4.69) is 0 Å². The summed E-state index contributed by atoms with van der Waals surface area (Å²) in [6.07, 6.45) is 0. The molecule has 0 aromatic carbocycles. The molecule has 0 saturated heterocycles. The van der Waals surface area contributed by atoms with Crippen LogP contribution in [0.25, 0.3) is 0 Å². The lowest BCUT2D eigenvalue weighted by molar-refractivity contribution is 0.0687. The van der Waals surface area contributed by atoms with Crippen LogP contribution in [0.3, 0.4) is 0 Å². The summed E-state index contributed by atoms with van der Waals surface area (Å²) < 4.78 is 23.1. The van der Waals surface area contributed by atoms with Crippen LogP contribution in [0.5, 0.6) is 0 Å². The smallest absolute Gasteiger partial charge is 0.286 e. The third-order valence-corrected chi connectivity index (χ3v) is 2.35. The molecule has 0 aromatic heterocycles. The van der Waals surface area contributed by atoms with Crippen molar-refractivity contribution in [1.82, 2.24) is 9.19 Å². The molecule has 6 heteroatoms. The van der Waals surface area contributed by atoms with Gasteiger partial charge in [-0.05, 0) is 5.92 Å². The van der Waals surface area contributed by atoms with E-state index in [1.54, 1.807) is 0 Å². The number of nitrogens with zero attached hydrogens (tertiary/aromatic N) is 1. The Balaban J connectivity index is 3.79. The molecule has 0 aromatic rings. The number of hydrogen-bond acceptors (Lipinski definition) is 3. The zero-order valence-corrected chi connectivity index (χ0v) is 8.68. The van der Waals surface area contributed by atoms with Crippen molar-refractivity contribution in [3.8, 4) is 0 Å². The summed E-state index contributed by atoms with van der Waals surface area (Å²) in [5.74, 6) is 0.301. The van der Waals surface area contributed by atoms with E-state index in [9.17, 15) is 8.42 Å². The minimum absolute atomic E-state index is 0.301. The minimum Gasteiger partial charge on any atom is -0.286 e. The van der Waals surface area contributed by atoms with Crippen molar-refractivity contribution in [2.45, 2.75) is 13.8 Å². The van der Waals surface area contributed by atoms with Crippen molar-refractivity contribution in [3.63, 3.8) is 0 Å². The van der Waals surface area contributed by atoms with Gasteiger partial charge in [-0.3, -0.25) is 4.84 Å². The van der Waals surface area contributed by atoms with Crippen LogP contribution in [-0.2, 0) is 15.0 Å². The van der Waals surface area contributed by atoms with Crippen molar-refractivity contribution in [2.75, 3.05) is 20.7 Å². The summed E-state index contributed by atoms with van der Waals surface area (Å²) in [6.45, 7) is 4.24. The standard InChI is InChI=1S/C6H16N2O3S/c1-6(2)5-11-7-12(9,10)8(3)4/h6-7H,5H2,1-4H3. The SMILES string of the molecule is CC(C)CONS(=O)(=O)N(C)C. The van der Waals surface area contributed by atoms with E-state index < -0.39 is 10.2 Å². The van der Waals surface area contributed by atoms with Gasteiger partial charge in [0, 0.05) is 14.1 Å². The highest BCUT2D eigenvalue weighted by Crippen LogP contribution is 1.93. The first-order valence-electron chi connectivity index (χ1n) is 3.67. The lowest BCUT2D eigenvalue weighted by Gasteiger charge is -2.12. The van der Waals surface area contributed by atoms with E-state index in [0.29, 0.717) is 12.5 Å².